The van der Waals surface area contributed by atoms with Crippen LogP contribution in [0.5, 0.6) is 0 Å². The smallest absolute Gasteiger partial charge is 0.350 e. The van der Waals surface area contributed by atoms with Gasteiger partial charge in [-0.2, -0.15) is 0 Å². The molecule has 4 rings (SSSR count). The van der Waals surface area contributed by atoms with E-state index >= 15 is 0 Å². The van der Waals surface area contributed by atoms with Crippen LogP contribution in [-0.2, 0) is 19.1 Å². The van der Waals surface area contributed by atoms with Crippen molar-refractivity contribution >= 4 is 29.4 Å². The summed E-state index contributed by atoms with van der Waals surface area (Å²) in [6.45, 7) is 5.67. The molecule has 0 unspecified atom stereocenters. The molecule has 0 saturated carbocycles. The molecule has 9 nitrogen and oxygen atoms in total. The second-order valence-corrected chi connectivity index (χ2v) is 8.68. The number of amides is 2. The monoisotopic (exact) mass is 441 g/mol. The van der Waals surface area contributed by atoms with E-state index in [9.17, 15) is 19.2 Å². The van der Waals surface area contributed by atoms with E-state index in [0.717, 1.165) is 25.7 Å². The number of anilines is 1. The molecule has 3 heterocycles. The first-order valence-electron chi connectivity index (χ1n) is 10.9. The van der Waals surface area contributed by atoms with Crippen molar-refractivity contribution in [2.75, 3.05) is 31.5 Å². The molecule has 2 amide bonds. The zero-order valence-corrected chi connectivity index (χ0v) is 18.3. The number of carbonyl (C=O) groups excluding carboxylic acids is 4. The molecule has 0 aromatic heterocycles. The number of nitrogens with zero attached hydrogens (tertiary/aromatic N) is 2. The lowest BCUT2D eigenvalue weighted by Crippen LogP contribution is -2.42. The number of cyclic esters (lactones) is 2. The van der Waals surface area contributed by atoms with Gasteiger partial charge in [0.25, 0.3) is 17.6 Å². The quantitative estimate of drug-likeness (QED) is 0.434. The average molecular weight is 441 g/mol. The van der Waals surface area contributed by atoms with Gasteiger partial charge < -0.3 is 24.6 Å². The van der Waals surface area contributed by atoms with Crippen LogP contribution in [0.4, 0.5) is 5.69 Å². The first-order chi connectivity index (χ1) is 15.2. The van der Waals surface area contributed by atoms with Gasteiger partial charge in [-0.05, 0) is 43.9 Å². The standard InChI is InChI=1S/C23H27N3O6/c1-23(2)31-21(29)18(22(30)32-23)14-24-17-12-15(19(27)25-7-3-4-8-25)11-16(13-17)20(28)26-9-5-6-10-26/h11-14,24H,3-10H2,1-2H3. The summed E-state index contributed by atoms with van der Waals surface area (Å²) < 4.78 is 10.2. The Bertz CT molecular complexity index is 919. The molecule has 3 fully saturated rings. The van der Waals surface area contributed by atoms with Crippen LogP contribution in [-0.4, -0.2) is 65.5 Å². The highest BCUT2D eigenvalue weighted by Gasteiger charge is 2.39. The summed E-state index contributed by atoms with van der Waals surface area (Å²) >= 11 is 0. The Morgan fingerprint density at radius 2 is 1.28 bits per heavy atom. The zero-order chi connectivity index (χ0) is 22.9. The first-order valence-corrected chi connectivity index (χ1v) is 10.9. The Kier molecular flexibility index (Phi) is 5.90. The Hall–Kier alpha value is -3.36. The normalized spacial score (nSPS) is 20.1. The minimum Gasteiger partial charge on any atom is -0.419 e. The summed E-state index contributed by atoms with van der Waals surface area (Å²) in [7, 11) is 0. The molecule has 9 heteroatoms. The number of hydrogen-bond acceptors (Lipinski definition) is 7. The van der Waals surface area contributed by atoms with E-state index in [2.05, 4.69) is 5.32 Å². The molecule has 1 N–H and O–H groups in total. The largest absolute Gasteiger partial charge is 0.419 e. The Labute approximate surface area is 186 Å². The van der Waals surface area contributed by atoms with E-state index in [1.54, 1.807) is 28.0 Å². The lowest BCUT2D eigenvalue weighted by atomic mass is 10.1. The van der Waals surface area contributed by atoms with Crippen molar-refractivity contribution in [1.29, 1.82) is 0 Å². The van der Waals surface area contributed by atoms with Gasteiger partial charge in [-0.25, -0.2) is 9.59 Å². The molecule has 32 heavy (non-hydrogen) atoms. The van der Waals surface area contributed by atoms with Crippen molar-refractivity contribution < 1.29 is 28.7 Å². The summed E-state index contributed by atoms with van der Waals surface area (Å²) in [6.07, 6.45) is 5.00. The van der Waals surface area contributed by atoms with Crippen molar-refractivity contribution in [1.82, 2.24) is 9.80 Å². The minimum absolute atomic E-state index is 0.146. The SMILES string of the molecule is CC1(C)OC(=O)C(=CNc2cc(C(=O)N3CCCC3)cc(C(=O)N3CCCC3)c2)C(=O)O1. The molecule has 3 aliphatic heterocycles. The van der Waals surface area contributed by atoms with Gasteiger partial charge in [-0.15, -0.1) is 0 Å². The van der Waals surface area contributed by atoms with Crippen molar-refractivity contribution in [3.05, 3.63) is 41.1 Å². The Morgan fingerprint density at radius 1 is 0.844 bits per heavy atom. The summed E-state index contributed by atoms with van der Waals surface area (Å²) in [5, 5.41) is 2.87. The molecule has 0 bridgehead atoms. The predicted molar refractivity (Wildman–Crippen MR) is 115 cm³/mol. The van der Waals surface area contributed by atoms with E-state index in [0.29, 0.717) is 43.0 Å². The van der Waals surface area contributed by atoms with E-state index < -0.39 is 17.7 Å². The topological polar surface area (TPSA) is 105 Å². The number of carbonyl (C=O) groups is 4. The minimum atomic E-state index is -1.33. The van der Waals surface area contributed by atoms with Gasteiger partial charge in [-0.3, -0.25) is 9.59 Å². The fourth-order valence-corrected chi connectivity index (χ4v) is 4.10. The van der Waals surface area contributed by atoms with Crippen LogP contribution in [0, 0.1) is 0 Å². The summed E-state index contributed by atoms with van der Waals surface area (Å²) in [5.41, 5.74) is 0.879. The van der Waals surface area contributed by atoms with Gasteiger partial charge in [0.15, 0.2) is 5.57 Å². The van der Waals surface area contributed by atoms with Gasteiger partial charge in [0, 0.05) is 63.0 Å². The third-order valence-corrected chi connectivity index (χ3v) is 5.71. The van der Waals surface area contributed by atoms with Gasteiger partial charge in [0.05, 0.1) is 0 Å². The summed E-state index contributed by atoms with van der Waals surface area (Å²) in [4.78, 5) is 53.9. The zero-order valence-electron chi connectivity index (χ0n) is 18.3. The van der Waals surface area contributed by atoms with Crippen molar-refractivity contribution in [3.8, 4) is 0 Å². The molecule has 1 aromatic carbocycles. The molecule has 0 aliphatic carbocycles. The highest BCUT2D eigenvalue weighted by molar-refractivity contribution is 6.15. The van der Waals surface area contributed by atoms with Crippen LogP contribution in [0.3, 0.4) is 0 Å². The molecule has 3 aliphatic rings. The molecule has 0 atom stereocenters. The van der Waals surface area contributed by atoms with Gasteiger partial charge in [0.1, 0.15) is 0 Å². The predicted octanol–water partition coefficient (Wildman–Crippen LogP) is 2.29. The first kappa shape index (κ1) is 21.9. The third kappa shape index (κ3) is 4.61. The third-order valence-electron chi connectivity index (χ3n) is 5.71. The summed E-state index contributed by atoms with van der Waals surface area (Å²) in [5.74, 6) is -3.24. The lowest BCUT2D eigenvalue weighted by molar-refractivity contribution is -0.222. The number of likely N-dealkylation sites (tertiary alicyclic amines) is 2. The Morgan fingerprint density at radius 3 is 1.72 bits per heavy atom. The maximum Gasteiger partial charge on any atom is 0.350 e. The van der Waals surface area contributed by atoms with E-state index in [4.69, 9.17) is 9.47 Å². The summed E-state index contributed by atoms with van der Waals surface area (Å²) in [6, 6.07) is 4.84. The van der Waals surface area contributed by atoms with Gasteiger partial charge >= 0.3 is 11.9 Å². The number of esters is 2. The van der Waals surface area contributed by atoms with Crippen LogP contribution in [0.1, 0.15) is 60.2 Å². The number of benzene rings is 1. The van der Waals surface area contributed by atoms with Crippen molar-refractivity contribution in [2.24, 2.45) is 0 Å². The second kappa shape index (κ2) is 8.64. The van der Waals surface area contributed by atoms with Crippen molar-refractivity contribution in [2.45, 2.75) is 45.3 Å². The molecule has 0 radical (unpaired) electrons. The highest BCUT2D eigenvalue weighted by Crippen LogP contribution is 2.25. The maximum atomic E-state index is 13.0. The van der Waals surface area contributed by atoms with E-state index in [1.165, 1.54) is 20.0 Å². The van der Waals surface area contributed by atoms with Gasteiger partial charge in [-0.1, -0.05) is 0 Å². The van der Waals surface area contributed by atoms with Crippen LogP contribution < -0.4 is 5.32 Å². The number of hydrogen-bond donors (Lipinski definition) is 1. The Balaban J connectivity index is 1.63. The number of rotatable bonds is 4. The molecular weight excluding hydrogens is 414 g/mol. The highest BCUT2D eigenvalue weighted by atomic mass is 16.7. The molecular formula is C23H27N3O6. The van der Waals surface area contributed by atoms with Gasteiger partial charge in [0.2, 0.25) is 0 Å². The lowest BCUT2D eigenvalue weighted by Gasteiger charge is -2.29. The van der Waals surface area contributed by atoms with Crippen LogP contribution in [0.2, 0.25) is 0 Å². The van der Waals surface area contributed by atoms with E-state index in [-0.39, 0.29) is 17.4 Å². The fourth-order valence-electron chi connectivity index (χ4n) is 4.10. The van der Waals surface area contributed by atoms with Crippen molar-refractivity contribution in [3.63, 3.8) is 0 Å². The fraction of sp³-hybridized carbons (Fsp3) is 0.478. The average Bonchev–Trinajstić information content (AvgIpc) is 3.45. The van der Waals surface area contributed by atoms with E-state index in [1.807, 2.05) is 0 Å². The van der Waals surface area contributed by atoms with Crippen LogP contribution in [0.25, 0.3) is 0 Å². The molecule has 1 aromatic rings. The molecule has 0 spiro atoms. The molecule has 3 saturated heterocycles. The maximum absolute atomic E-state index is 13.0. The second-order valence-electron chi connectivity index (χ2n) is 8.68. The molecule has 170 valence electrons. The number of nitrogens with one attached hydrogen (secondary N) is 1. The number of ether oxygens (including phenoxy) is 2. The van der Waals surface area contributed by atoms with Crippen LogP contribution in [0.15, 0.2) is 30.0 Å². The van der Waals surface area contributed by atoms with Crippen LogP contribution >= 0.6 is 0 Å².